The standard InChI is InChI=1S/C17H16Br2N2O3/c1-23-12-3-4-15(19)14(8-12)17(22)21-7-6-13(10-21)24-16-5-2-11(18)9-20-16/h2-5,8-9,13H,6-7,10H2,1H3. The van der Waals surface area contributed by atoms with Crippen LogP contribution in [-0.2, 0) is 0 Å². The van der Waals surface area contributed by atoms with Crippen LogP contribution in [0.15, 0.2) is 45.5 Å². The zero-order valence-corrected chi connectivity index (χ0v) is 16.2. The number of hydrogen-bond donors (Lipinski definition) is 0. The molecule has 5 nitrogen and oxygen atoms in total. The summed E-state index contributed by atoms with van der Waals surface area (Å²) in [6, 6.07) is 9.08. The maximum absolute atomic E-state index is 12.7. The van der Waals surface area contributed by atoms with E-state index in [0.29, 0.717) is 30.3 Å². The highest BCUT2D eigenvalue weighted by atomic mass is 79.9. The molecule has 0 radical (unpaired) electrons. The summed E-state index contributed by atoms with van der Waals surface area (Å²) in [5.41, 5.74) is 0.594. The third kappa shape index (κ3) is 3.89. The van der Waals surface area contributed by atoms with E-state index in [-0.39, 0.29) is 12.0 Å². The number of pyridine rings is 1. The summed E-state index contributed by atoms with van der Waals surface area (Å²) in [4.78, 5) is 18.7. The van der Waals surface area contributed by atoms with E-state index in [2.05, 4.69) is 36.8 Å². The van der Waals surface area contributed by atoms with E-state index in [1.54, 1.807) is 24.3 Å². The van der Waals surface area contributed by atoms with Crippen LogP contribution in [0.25, 0.3) is 0 Å². The molecular formula is C17H16Br2N2O3. The zero-order valence-electron chi connectivity index (χ0n) is 13.0. The van der Waals surface area contributed by atoms with Crippen LogP contribution in [0, 0.1) is 0 Å². The molecule has 0 saturated carbocycles. The van der Waals surface area contributed by atoms with E-state index < -0.39 is 0 Å². The van der Waals surface area contributed by atoms with Gasteiger partial charge in [-0.15, -0.1) is 0 Å². The summed E-state index contributed by atoms with van der Waals surface area (Å²) in [6.45, 7) is 1.20. The van der Waals surface area contributed by atoms with Crippen LogP contribution in [0.2, 0.25) is 0 Å². The lowest BCUT2D eigenvalue weighted by Crippen LogP contribution is -2.31. The van der Waals surface area contributed by atoms with Crippen LogP contribution in [0.1, 0.15) is 16.8 Å². The van der Waals surface area contributed by atoms with Crippen molar-refractivity contribution in [2.24, 2.45) is 0 Å². The Bertz CT molecular complexity index is 737. The van der Waals surface area contributed by atoms with Crippen molar-refractivity contribution >= 4 is 37.8 Å². The molecule has 1 aliphatic heterocycles. The highest BCUT2D eigenvalue weighted by Crippen LogP contribution is 2.26. The van der Waals surface area contributed by atoms with Gasteiger partial charge in [0.1, 0.15) is 11.9 Å². The molecule has 1 amide bonds. The van der Waals surface area contributed by atoms with Gasteiger partial charge in [0.2, 0.25) is 5.88 Å². The third-order valence-electron chi connectivity index (χ3n) is 3.82. The average Bonchev–Trinajstić information content (AvgIpc) is 3.05. The maximum Gasteiger partial charge on any atom is 0.255 e. The van der Waals surface area contributed by atoms with Crippen LogP contribution < -0.4 is 9.47 Å². The lowest BCUT2D eigenvalue weighted by molar-refractivity contribution is 0.0770. The molecule has 24 heavy (non-hydrogen) atoms. The molecule has 3 rings (SSSR count). The first-order valence-corrected chi connectivity index (χ1v) is 9.06. The molecule has 2 aromatic rings. The predicted molar refractivity (Wildman–Crippen MR) is 97.6 cm³/mol. The first kappa shape index (κ1) is 17.2. The van der Waals surface area contributed by atoms with Crippen molar-refractivity contribution in [3.05, 3.63) is 51.0 Å². The molecule has 7 heteroatoms. The van der Waals surface area contributed by atoms with E-state index in [9.17, 15) is 4.79 Å². The smallest absolute Gasteiger partial charge is 0.255 e. The molecule has 1 aliphatic rings. The lowest BCUT2D eigenvalue weighted by atomic mass is 10.2. The first-order valence-electron chi connectivity index (χ1n) is 7.48. The van der Waals surface area contributed by atoms with Gasteiger partial charge in [-0.05, 0) is 56.1 Å². The largest absolute Gasteiger partial charge is 0.497 e. The molecule has 1 unspecified atom stereocenters. The fourth-order valence-corrected chi connectivity index (χ4v) is 3.23. The van der Waals surface area contributed by atoms with Crippen molar-refractivity contribution in [1.82, 2.24) is 9.88 Å². The van der Waals surface area contributed by atoms with Gasteiger partial charge < -0.3 is 14.4 Å². The van der Waals surface area contributed by atoms with Crippen molar-refractivity contribution in [1.29, 1.82) is 0 Å². The number of hydrogen-bond acceptors (Lipinski definition) is 4. The molecule has 1 saturated heterocycles. The Kier molecular flexibility index (Phi) is 5.40. The van der Waals surface area contributed by atoms with E-state index >= 15 is 0 Å². The summed E-state index contributed by atoms with van der Waals surface area (Å²) < 4.78 is 12.7. The van der Waals surface area contributed by atoms with Crippen molar-refractivity contribution in [3.8, 4) is 11.6 Å². The summed E-state index contributed by atoms with van der Waals surface area (Å²) in [6.07, 6.45) is 2.43. The second kappa shape index (κ2) is 7.53. The number of aromatic nitrogens is 1. The van der Waals surface area contributed by atoms with Gasteiger partial charge in [-0.1, -0.05) is 0 Å². The number of carbonyl (C=O) groups is 1. The minimum atomic E-state index is -0.0491. The Morgan fingerprint density at radius 2 is 2.12 bits per heavy atom. The van der Waals surface area contributed by atoms with Crippen LogP contribution >= 0.6 is 31.9 Å². The monoisotopic (exact) mass is 454 g/mol. The van der Waals surface area contributed by atoms with Gasteiger partial charge in [-0.2, -0.15) is 0 Å². The minimum Gasteiger partial charge on any atom is -0.497 e. The molecule has 0 N–H and O–H groups in total. The van der Waals surface area contributed by atoms with Crippen LogP contribution in [0.3, 0.4) is 0 Å². The number of carbonyl (C=O) groups excluding carboxylic acids is 1. The van der Waals surface area contributed by atoms with E-state index in [0.717, 1.165) is 15.4 Å². The SMILES string of the molecule is COc1ccc(Br)c(C(=O)N2CCC(Oc3ccc(Br)cn3)C2)c1. The number of rotatable bonds is 4. The number of benzene rings is 1. The van der Waals surface area contributed by atoms with E-state index in [1.165, 1.54) is 0 Å². The minimum absolute atomic E-state index is 0.0318. The van der Waals surface area contributed by atoms with E-state index in [1.807, 2.05) is 24.3 Å². The van der Waals surface area contributed by atoms with Gasteiger partial charge in [-0.25, -0.2) is 4.98 Å². The van der Waals surface area contributed by atoms with Crippen LogP contribution in [0.4, 0.5) is 0 Å². The maximum atomic E-state index is 12.7. The van der Waals surface area contributed by atoms with Crippen molar-refractivity contribution in [2.45, 2.75) is 12.5 Å². The second-order valence-electron chi connectivity index (χ2n) is 5.44. The Labute approximate surface area is 157 Å². The second-order valence-corrected chi connectivity index (χ2v) is 7.21. The normalized spacial score (nSPS) is 17.0. The summed E-state index contributed by atoms with van der Waals surface area (Å²) in [7, 11) is 1.59. The van der Waals surface area contributed by atoms with Crippen molar-refractivity contribution < 1.29 is 14.3 Å². The van der Waals surface area contributed by atoms with Crippen molar-refractivity contribution in [2.75, 3.05) is 20.2 Å². The number of likely N-dealkylation sites (tertiary alicyclic amines) is 1. The zero-order chi connectivity index (χ0) is 17.1. The first-order chi connectivity index (χ1) is 11.6. The molecule has 126 valence electrons. The molecule has 0 aliphatic carbocycles. The molecule has 2 heterocycles. The topological polar surface area (TPSA) is 51.7 Å². The molecule has 1 aromatic carbocycles. The third-order valence-corrected chi connectivity index (χ3v) is 4.98. The molecule has 0 spiro atoms. The molecular weight excluding hydrogens is 440 g/mol. The molecule has 0 bridgehead atoms. The van der Waals surface area contributed by atoms with Gasteiger partial charge in [0.15, 0.2) is 0 Å². The molecule has 1 fully saturated rings. The number of methoxy groups -OCH3 is 1. The Morgan fingerprint density at radius 3 is 2.83 bits per heavy atom. The van der Waals surface area contributed by atoms with Gasteiger partial charge in [0.25, 0.3) is 5.91 Å². The number of halogens is 2. The molecule has 1 atom stereocenters. The highest BCUT2D eigenvalue weighted by molar-refractivity contribution is 9.10. The van der Waals surface area contributed by atoms with Crippen LogP contribution in [0.5, 0.6) is 11.6 Å². The summed E-state index contributed by atoms with van der Waals surface area (Å²) in [5, 5.41) is 0. The van der Waals surface area contributed by atoms with Gasteiger partial charge in [-0.3, -0.25) is 4.79 Å². The van der Waals surface area contributed by atoms with Gasteiger partial charge in [0, 0.05) is 34.2 Å². The number of amides is 1. The average molecular weight is 456 g/mol. The lowest BCUT2D eigenvalue weighted by Gasteiger charge is -2.18. The van der Waals surface area contributed by atoms with Crippen molar-refractivity contribution in [3.63, 3.8) is 0 Å². The van der Waals surface area contributed by atoms with E-state index in [4.69, 9.17) is 9.47 Å². The number of nitrogens with zero attached hydrogens (tertiary/aromatic N) is 2. The number of ether oxygens (including phenoxy) is 2. The van der Waals surface area contributed by atoms with Crippen LogP contribution in [-0.4, -0.2) is 42.1 Å². The Balaban J connectivity index is 1.66. The predicted octanol–water partition coefficient (Wildman–Crippen LogP) is 3.91. The fourth-order valence-electron chi connectivity index (χ4n) is 2.58. The fraction of sp³-hybridized carbons (Fsp3) is 0.294. The van der Waals surface area contributed by atoms with Gasteiger partial charge in [0.05, 0.1) is 19.2 Å². The summed E-state index contributed by atoms with van der Waals surface area (Å²) in [5.74, 6) is 1.20. The van der Waals surface area contributed by atoms with Gasteiger partial charge >= 0.3 is 0 Å². The Morgan fingerprint density at radius 1 is 1.29 bits per heavy atom. The Hall–Kier alpha value is -1.60. The highest BCUT2D eigenvalue weighted by Gasteiger charge is 2.29. The quantitative estimate of drug-likeness (QED) is 0.701. The molecule has 1 aromatic heterocycles. The summed E-state index contributed by atoms with van der Waals surface area (Å²) >= 11 is 6.78.